The number of rotatable bonds is 1. The van der Waals surface area contributed by atoms with Crippen LogP contribution < -0.4 is 0 Å². The van der Waals surface area contributed by atoms with Crippen LogP contribution in [0.2, 0.25) is 0 Å². The van der Waals surface area contributed by atoms with Crippen molar-refractivity contribution in [2.75, 3.05) is 20.1 Å². The highest BCUT2D eigenvalue weighted by atomic mass is 79.9. The molecule has 0 aliphatic carbocycles. The number of likely N-dealkylation sites (N-methyl/N-ethyl adjacent to an activating group) is 1. The standard InChI is InChI=1S/C14H18BrFN2O/c1-9-7-18(8-10(2)17(9)3)14(19)11-5-4-6-12(16)13(11)15/h4-6,9-10H,7-8H2,1-3H3. The van der Waals surface area contributed by atoms with Crippen molar-refractivity contribution in [1.29, 1.82) is 0 Å². The van der Waals surface area contributed by atoms with Gasteiger partial charge in [0.05, 0.1) is 10.0 Å². The van der Waals surface area contributed by atoms with E-state index >= 15 is 0 Å². The number of carbonyl (C=O) groups is 1. The Morgan fingerprint density at radius 3 is 2.47 bits per heavy atom. The Bertz CT molecular complexity index is 482. The predicted octanol–water partition coefficient (Wildman–Crippen LogP) is 2.75. The van der Waals surface area contributed by atoms with Crippen LogP contribution >= 0.6 is 15.9 Å². The highest BCUT2D eigenvalue weighted by Crippen LogP contribution is 2.23. The maximum absolute atomic E-state index is 13.5. The first-order chi connectivity index (χ1) is 8.91. The molecule has 104 valence electrons. The van der Waals surface area contributed by atoms with Crippen LogP contribution in [0.25, 0.3) is 0 Å². The van der Waals surface area contributed by atoms with Crippen LogP contribution in [-0.2, 0) is 0 Å². The van der Waals surface area contributed by atoms with Gasteiger partial charge in [0.1, 0.15) is 5.82 Å². The maximum atomic E-state index is 13.5. The van der Waals surface area contributed by atoms with E-state index in [2.05, 4.69) is 41.7 Å². The summed E-state index contributed by atoms with van der Waals surface area (Å²) in [7, 11) is 2.06. The number of halogens is 2. The molecule has 1 amide bonds. The Hall–Kier alpha value is -0.940. The molecule has 0 aromatic heterocycles. The fraction of sp³-hybridized carbons (Fsp3) is 0.500. The lowest BCUT2D eigenvalue weighted by atomic mass is 10.1. The summed E-state index contributed by atoms with van der Waals surface area (Å²) < 4.78 is 13.7. The number of piperazine rings is 1. The van der Waals surface area contributed by atoms with Crippen molar-refractivity contribution in [3.05, 3.63) is 34.1 Å². The van der Waals surface area contributed by atoms with Crippen molar-refractivity contribution < 1.29 is 9.18 Å². The lowest BCUT2D eigenvalue weighted by Gasteiger charge is -2.42. The van der Waals surface area contributed by atoms with Crippen LogP contribution in [0.5, 0.6) is 0 Å². The van der Waals surface area contributed by atoms with Crippen LogP contribution in [0.15, 0.2) is 22.7 Å². The molecule has 5 heteroatoms. The molecular formula is C14H18BrFN2O. The lowest BCUT2D eigenvalue weighted by molar-refractivity contribution is 0.0413. The first-order valence-corrected chi connectivity index (χ1v) is 7.16. The summed E-state index contributed by atoms with van der Waals surface area (Å²) in [5, 5.41) is 0. The van der Waals surface area contributed by atoms with Gasteiger partial charge in [-0.05, 0) is 49.0 Å². The zero-order valence-electron chi connectivity index (χ0n) is 11.4. The van der Waals surface area contributed by atoms with Crippen LogP contribution in [-0.4, -0.2) is 47.9 Å². The van der Waals surface area contributed by atoms with Crippen LogP contribution in [0.3, 0.4) is 0 Å². The van der Waals surface area contributed by atoms with Crippen molar-refractivity contribution in [1.82, 2.24) is 9.80 Å². The highest BCUT2D eigenvalue weighted by molar-refractivity contribution is 9.10. The van der Waals surface area contributed by atoms with Crippen LogP contribution in [0.1, 0.15) is 24.2 Å². The molecule has 1 aromatic rings. The van der Waals surface area contributed by atoms with E-state index in [9.17, 15) is 9.18 Å². The molecule has 1 aromatic carbocycles. The molecule has 3 nitrogen and oxygen atoms in total. The van der Waals surface area contributed by atoms with E-state index in [0.717, 1.165) is 0 Å². The second-order valence-electron chi connectivity index (χ2n) is 5.18. The predicted molar refractivity (Wildman–Crippen MR) is 76.7 cm³/mol. The number of hydrogen-bond acceptors (Lipinski definition) is 2. The van der Waals surface area contributed by atoms with Gasteiger partial charge < -0.3 is 4.90 Å². The van der Waals surface area contributed by atoms with E-state index in [4.69, 9.17) is 0 Å². The molecule has 0 N–H and O–H groups in total. The quantitative estimate of drug-likeness (QED) is 0.791. The summed E-state index contributed by atoms with van der Waals surface area (Å²) in [6.07, 6.45) is 0. The molecule has 1 saturated heterocycles. The molecule has 2 unspecified atom stereocenters. The zero-order valence-corrected chi connectivity index (χ0v) is 12.9. The van der Waals surface area contributed by atoms with Gasteiger partial charge >= 0.3 is 0 Å². The average Bonchev–Trinajstić information content (AvgIpc) is 2.38. The van der Waals surface area contributed by atoms with Gasteiger partial charge in [0.2, 0.25) is 0 Å². The molecule has 0 bridgehead atoms. The number of hydrogen-bond donors (Lipinski definition) is 0. The van der Waals surface area contributed by atoms with Gasteiger partial charge in [-0.25, -0.2) is 4.39 Å². The monoisotopic (exact) mass is 328 g/mol. The first-order valence-electron chi connectivity index (χ1n) is 6.37. The van der Waals surface area contributed by atoms with Gasteiger partial charge in [0, 0.05) is 25.2 Å². The fourth-order valence-electron chi connectivity index (χ4n) is 2.41. The van der Waals surface area contributed by atoms with E-state index in [1.54, 1.807) is 17.0 Å². The molecule has 0 saturated carbocycles. The van der Waals surface area contributed by atoms with Crippen molar-refractivity contribution >= 4 is 21.8 Å². The Kier molecular flexibility index (Phi) is 4.26. The van der Waals surface area contributed by atoms with Crippen molar-refractivity contribution in [3.8, 4) is 0 Å². The summed E-state index contributed by atoms with van der Waals surface area (Å²) in [6, 6.07) is 5.18. The van der Waals surface area contributed by atoms with E-state index in [1.165, 1.54) is 6.07 Å². The van der Waals surface area contributed by atoms with Crippen LogP contribution in [0.4, 0.5) is 4.39 Å². The third-order valence-electron chi connectivity index (χ3n) is 3.83. The summed E-state index contributed by atoms with van der Waals surface area (Å²) in [5.74, 6) is -0.515. The Labute approximate surface area is 121 Å². The topological polar surface area (TPSA) is 23.6 Å². The summed E-state index contributed by atoms with van der Waals surface area (Å²) in [6.45, 7) is 5.53. The second kappa shape index (κ2) is 5.59. The summed E-state index contributed by atoms with van der Waals surface area (Å²) in [5.41, 5.74) is 0.393. The van der Waals surface area contributed by atoms with Crippen LogP contribution in [0, 0.1) is 5.82 Å². The maximum Gasteiger partial charge on any atom is 0.255 e. The van der Waals surface area contributed by atoms with Gasteiger partial charge in [-0.1, -0.05) is 6.07 Å². The molecule has 1 aliphatic rings. The van der Waals surface area contributed by atoms with E-state index < -0.39 is 5.82 Å². The van der Waals surface area contributed by atoms with E-state index in [1.807, 2.05) is 0 Å². The van der Waals surface area contributed by atoms with E-state index in [-0.39, 0.29) is 10.4 Å². The molecule has 1 aliphatic heterocycles. The largest absolute Gasteiger partial charge is 0.335 e. The van der Waals surface area contributed by atoms with Crippen molar-refractivity contribution in [3.63, 3.8) is 0 Å². The smallest absolute Gasteiger partial charge is 0.255 e. The third-order valence-corrected chi connectivity index (χ3v) is 4.63. The number of benzene rings is 1. The summed E-state index contributed by atoms with van der Waals surface area (Å²) >= 11 is 3.16. The lowest BCUT2D eigenvalue weighted by Crippen LogP contribution is -2.56. The Morgan fingerprint density at radius 2 is 1.89 bits per heavy atom. The SMILES string of the molecule is CC1CN(C(=O)c2cccc(F)c2Br)CC(C)N1C. The molecular weight excluding hydrogens is 311 g/mol. The average molecular weight is 329 g/mol. The molecule has 0 radical (unpaired) electrons. The molecule has 1 heterocycles. The molecule has 19 heavy (non-hydrogen) atoms. The van der Waals surface area contributed by atoms with Gasteiger partial charge in [0.25, 0.3) is 5.91 Å². The van der Waals surface area contributed by atoms with Gasteiger partial charge in [0.15, 0.2) is 0 Å². The van der Waals surface area contributed by atoms with Gasteiger partial charge in [-0.2, -0.15) is 0 Å². The minimum atomic E-state index is -0.402. The molecule has 0 spiro atoms. The normalized spacial score (nSPS) is 24.6. The first kappa shape index (κ1) is 14.5. The Morgan fingerprint density at radius 1 is 1.32 bits per heavy atom. The molecule has 2 rings (SSSR count). The number of carbonyl (C=O) groups excluding carboxylic acids is 1. The van der Waals surface area contributed by atoms with Crippen molar-refractivity contribution in [2.45, 2.75) is 25.9 Å². The summed E-state index contributed by atoms with van der Waals surface area (Å²) in [4.78, 5) is 16.5. The molecule has 2 atom stereocenters. The highest BCUT2D eigenvalue weighted by Gasteiger charge is 2.30. The number of amides is 1. The number of nitrogens with zero attached hydrogens (tertiary/aromatic N) is 2. The van der Waals surface area contributed by atoms with Gasteiger partial charge in [-0.15, -0.1) is 0 Å². The minimum Gasteiger partial charge on any atom is -0.335 e. The third kappa shape index (κ3) is 2.82. The van der Waals surface area contributed by atoms with Crippen molar-refractivity contribution in [2.24, 2.45) is 0 Å². The minimum absolute atomic E-state index is 0.113. The fourth-order valence-corrected chi connectivity index (χ4v) is 2.84. The molecule has 1 fully saturated rings. The van der Waals surface area contributed by atoms with Gasteiger partial charge in [-0.3, -0.25) is 9.69 Å². The van der Waals surface area contributed by atoms with E-state index in [0.29, 0.717) is 30.7 Å². The zero-order chi connectivity index (χ0) is 14.2. The second-order valence-corrected chi connectivity index (χ2v) is 5.97. The Balaban J connectivity index is 2.23.